The van der Waals surface area contributed by atoms with Crippen molar-refractivity contribution in [2.45, 2.75) is 77.4 Å². The van der Waals surface area contributed by atoms with E-state index < -0.39 is 16.6 Å². The van der Waals surface area contributed by atoms with Gasteiger partial charge in [-0.1, -0.05) is 51.4 Å². The lowest BCUT2D eigenvalue weighted by molar-refractivity contribution is 0.156. The minimum Gasteiger partial charge on any atom is -0.379 e. The lowest BCUT2D eigenvalue weighted by Crippen LogP contribution is -2.26. The molecule has 0 bridgehead atoms. The number of unbranched alkanes of at least 4 members (excludes halogenated alkanes) is 9. The van der Waals surface area contributed by atoms with Gasteiger partial charge in [0.05, 0.1) is 6.61 Å². The van der Waals surface area contributed by atoms with Crippen molar-refractivity contribution in [1.82, 2.24) is 5.32 Å². The van der Waals surface area contributed by atoms with Gasteiger partial charge in [0, 0.05) is 0 Å². The van der Waals surface area contributed by atoms with Gasteiger partial charge in [-0.15, -0.1) is 0 Å². The second-order valence-corrected chi connectivity index (χ2v) is 6.51. The zero-order valence-electron chi connectivity index (χ0n) is 13.1. The molecule has 0 rings (SSSR count). The van der Waals surface area contributed by atoms with E-state index in [1.54, 1.807) is 6.92 Å². The van der Waals surface area contributed by atoms with Crippen LogP contribution in [0.1, 0.15) is 71.1 Å². The number of aliphatic hydroxyl groups excluding tert-OH is 1. The summed E-state index contributed by atoms with van der Waals surface area (Å²) in [7, 11) is -4.26. The van der Waals surface area contributed by atoms with Gasteiger partial charge in [-0.3, -0.25) is 9.87 Å². The summed E-state index contributed by atoms with van der Waals surface area (Å²) in [6, 6.07) is 0. The zero-order chi connectivity index (χ0) is 16.0. The lowest BCUT2D eigenvalue weighted by Gasteiger charge is -2.06. The normalized spacial score (nSPS) is 13.5. The molecule has 0 fully saturated rings. The molecule has 0 aromatic carbocycles. The predicted molar refractivity (Wildman–Crippen MR) is 83.4 cm³/mol. The van der Waals surface area contributed by atoms with Crippen molar-refractivity contribution < 1.29 is 22.3 Å². The summed E-state index contributed by atoms with van der Waals surface area (Å²) >= 11 is 0. The maximum atomic E-state index is 10.3. The molecule has 0 saturated carbocycles. The third-order valence-corrected chi connectivity index (χ3v) is 3.71. The molecule has 0 aliphatic rings. The molecule has 1 atom stereocenters. The van der Waals surface area contributed by atoms with Crippen LogP contribution < -0.4 is 5.32 Å². The monoisotopic (exact) mass is 325 g/mol. The van der Waals surface area contributed by atoms with Crippen molar-refractivity contribution in [2.75, 3.05) is 13.2 Å². The number of aliphatic hydroxyl groups is 1. The Balaban J connectivity index is 3.06. The Kier molecular flexibility index (Phi) is 13.3. The number of hydrogen-bond acceptors (Lipinski definition) is 5. The standard InChI is InChI=1S/C14H31NO5S/c1-14(16)15-12-10-8-6-4-2-3-5-7-9-11-13-20-21(17,18)19/h14-16H,2-13H2,1H3,(H,17,18,19). The van der Waals surface area contributed by atoms with E-state index in [1.165, 1.54) is 32.1 Å². The molecule has 0 radical (unpaired) electrons. The lowest BCUT2D eigenvalue weighted by atomic mass is 10.1. The quantitative estimate of drug-likeness (QED) is 0.243. The van der Waals surface area contributed by atoms with Crippen LogP contribution in [0.25, 0.3) is 0 Å². The van der Waals surface area contributed by atoms with E-state index in [2.05, 4.69) is 9.50 Å². The summed E-state index contributed by atoms with van der Waals surface area (Å²) in [6.45, 7) is 2.68. The average molecular weight is 325 g/mol. The van der Waals surface area contributed by atoms with E-state index in [1.807, 2.05) is 0 Å². The van der Waals surface area contributed by atoms with Crippen LogP contribution in [0.2, 0.25) is 0 Å². The summed E-state index contributed by atoms with van der Waals surface area (Å²) in [5.41, 5.74) is 0. The van der Waals surface area contributed by atoms with Gasteiger partial charge in [-0.25, -0.2) is 4.18 Å². The van der Waals surface area contributed by atoms with Crippen molar-refractivity contribution in [1.29, 1.82) is 0 Å². The average Bonchev–Trinajstić information content (AvgIpc) is 2.37. The number of rotatable bonds is 15. The first-order valence-corrected chi connectivity index (χ1v) is 9.31. The van der Waals surface area contributed by atoms with Gasteiger partial charge in [-0.05, 0) is 26.3 Å². The number of hydrogen-bond donors (Lipinski definition) is 3. The Bertz CT molecular complexity index is 319. The van der Waals surface area contributed by atoms with Gasteiger partial charge < -0.3 is 5.11 Å². The molecule has 0 aromatic heterocycles. The molecular formula is C14H31NO5S. The van der Waals surface area contributed by atoms with E-state index in [9.17, 15) is 8.42 Å². The highest BCUT2D eigenvalue weighted by atomic mass is 32.3. The Labute approximate surface area is 129 Å². The molecule has 0 aromatic rings. The molecule has 0 saturated heterocycles. The SMILES string of the molecule is CC(O)NCCCCCCCCCCCCOS(=O)(=O)O. The van der Waals surface area contributed by atoms with E-state index in [-0.39, 0.29) is 6.61 Å². The van der Waals surface area contributed by atoms with E-state index >= 15 is 0 Å². The molecule has 0 amide bonds. The minimum absolute atomic E-state index is 0.0688. The maximum Gasteiger partial charge on any atom is 0.397 e. The largest absolute Gasteiger partial charge is 0.397 e. The highest BCUT2D eigenvalue weighted by molar-refractivity contribution is 7.80. The van der Waals surface area contributed by atoms with Crippen LogP contribution in [0, 0.1) is 0 Å². The first-order chi connectivity index (χ1) is 9.92. The molecule has 6 nitrogen and oxygen atoms in total. The predicted octanol–water partition coefficient (Wildman–Crippen LogP) is 2.63. The Morgan fingerprint density at radius 2 is 1.33 bits per heavy atom. The van der Waals surface area contributed by atoms with E-state index in [4.69, 9.17) is 9.66 Å². The van der Waals surface area contributed by atoms with Gasteiger partial charge in [0.15, 0.2) is 0 Å². The Morgan fingerprint density at radius 3 is 1.76 bits per heavy atom. The molecule has 1 unspecified atom stereocenters. The summed E-state index contributed by atoms with van der Waals surface area (Å²) < 4.78 is 33.2. The molecule has 0 aliphatic carbocycles. The second kappa shape index (κ2) is 13.5. The van der Waals surface area contributed by atoms with E-state index in [0.29, 0.717) is 6.42 Å². The van der Waals surface area contributed by atoms with Crippen LogP contribution in [0.4, 0.5) is 0 Å². The fourth-order valence-corrected chi connectivity index (χ4v) is 2.44. The van der Waals surface area contributed by atoms with Crippen molar-refractivity contribution in [3.05, 3.63) is 0 Å². The highest BCUT2D eigenvalue weighted by Gasteiger charge is 2.02. The molecule has 21 heavy (non-hydrogen) atoms. The zero-order valence-corrected chi connectivity index (χ0v) is 13.9. The summed E-state index contributed by atoms with van der Waals surface area (Å²) in [6.07, 6.45) is 10.7. The fraction of sp³-hybridized carbons (Fsp3) is 1.00. The minimum atomic E-state index is -4.26. The molecule has 0 spiro atoms. The molecular weight excluding hydrogens is 294 g/mol. The van der Waals surface area contributed by atoms with Gasteiger partial charge in [0.2, 0.25) is 0 Å². The fourth-order valence-electron chi connectivity index (χ4n) is 2.12. The van der Waals surface area contributed by atoms with Gasteiger partial charge in [0.1, 0.15) is 6.23 Å². The topological polar surface area (TPSA) is 95.9 Å². The molecule has 7 heteroatoms. The summed E-state index contributed by atoms with van der Waals surface area (Å²) in [5, 5.41) is 12.0. The van der Waals surface area contributed by atoms with Gasteiger partial charge in [0.25, 0.3) is 0 Å². The highest BCUT2D eigenvalue weighted by Crippen LogP contribution is 2.10. The third-order valence-electron chi connectivity index (χ3n) is 3.24. The van der Waals surface area contributed by atoms with Crippen LogP contribution in [0.3, 0.4) is 0 Å². The third kappa shape index (κ3) is 19.8. The molecule has 3 N–H and O–H groups in total. The second-order valence-electron chi connectivity index (χ2n) is 5.42. The number of nitrogens with one attached hydrogen (secondary N) is 1. The maximum absolute atomic E-state index is 10.3. The first-order valence-electron chi connectivity index (χ1n) is 7.95. The van der Waals surface area contributed by atoms with Crippen LogP contribution in [0.15, 0.2) is 0 Å². The van der Waals surface area contributed by atoms with Crippen LogP contribution in [-0.2, 0) is 14.6 Å². The van der Waals surface area contributed by atoms with Gasteiger partial charge in [-0.2, -0.15) is 8.42 Å². The Hall–Kier alpha value is -0.210. The molecule has 128 valence electrons. The Morgan fingerprint density at radius 1 is 0.905 bits per heavy atom. The first kappa shape index (κ1) is 20.8. The van der Waals surface area contributed by atoms with Crippen molar-refractivity contribution in [2.24, 2.45) is 0 Å². The van der Waals surface area contributed by atoms with Crippen molar-refractivity contribution >= 4 is 10.4 Å². The molecule has 0 aliphatic heterocycles. The summed E-state index contributed by atoms with van der Waals surface area (Å²) in [5.74, 6) is 0. The van der Waals surface area contributed by atoms with Crippen molar-refractivity contribution in [3.8, 4) is 0 Å². The molecule has 0 heterocycles. The van der Waals surface area contributed by atoms with Crippen molar-refractivity contribution in [3.63, 3.8) is 0 Å². The summed E-state index contributed by atoms with van der Waals surface area (Å²) in [4.78, 5) is 0. The van der Waals surface area contributed by atoms with Crippen LogP contribution in [0.5, 0.6) is 0 Å². The smallest absolute Gasteiger partial charge is 0.379 e. The van der Waals surface area contributed by atoms with E-state index in [0.717, 1.165) is 32.2 Å². The van der Waals surface area contributed by atoms with Crippen LogP contribution >= 0.6 is 0 Å². The van der Waals surface area contributed by atoms with Crippen LogP contribution in [-0.4, -0.2) is 37.5 Å². The van der Waals surface area contributed by atoms with Gasteiger partial charge >= 0.3 is 10.4 Å².